The molecule has 0 unspecified atom stereocenters. The summed E-state index contributed by atoms with van der Waals surface area (Å²) >= 11 is 1.21. The fourth-order valence-corrected chi connectivity index (χ4v) is 4.37. The van der Waals surface area contributed by atoms with Crippen molar-refractivity contribution in [1.29, 1.82) is 0 Å². The first kappa shape index (κ1) is 25.7. The predicted octanol–water partition coefficient (Wildman–Crippen LogP) is 6.25. The van der Waals surface area contributed by atoms with E-state index in [0.29, 0.717) is 6.54 Å². The highest BCUT2D eigenvalue weighted by Gasteiger charge is 2.65. The van der Waals surface area contributed by atoms with Crippen molar-refractivity contribution in [3.63, 3.8) is 0 Å². The van der Waals surface area contributed by atoms with Gasteiger partial charge >= 0.3 is 18.2 Å². The molecule has 2 amide bonds. The molecule has 36 heavy (non-hydrogen) atoms. The van der Waals surface area contributed by atoms with Crippen molar-refractivity contribution < 1.29 is 31.8 Å². The van der Waals surface area contributed by atoms with E-state index in [0.717, 1.165) is 22.6 Å². The SMILES string of the molecule is Cc1cn(-c2ccc3c(c2)OC(F)(F)C(F)(F)O3)c(=NC(=O)N(C)Cc2ccc(C(C)(C)C)cc2)s1. The molecule has 6 nitrogen and oxygen atoms in total. The number of hydrogen-bond donors (Lipinski definition) is 0. The maximum Gasteiger partial charge on any atom is 0.507 e. The number of urea groups is 1. The van der Waals surface area contributed by atoms with Gasteiger partial charge in [0.25, 0.3) is 0 Å². The van der Waals surface area contributed by atoms with Crippen LogP contribution in [-0.4, -0.2) is 34.8 Å². The van der Waals surface area contributed by atoms with Crippen LogP contribution in [0.3, 0.4) is 0 Å². The van der Waals surface area contributed by atoms with Crippen LogP contribution in [0.2, 0.25) is 0 Å². The van der Waals surface area contributed by atoms with Crippen LogP contribution in [0.4, 0.5) is 22.4 Å². The van der Waals surface area contributed by atoms with E-state index in [2.05, 4.69) is 35.2 Å². The van der Waals surface area contributed by atoms with E-state index in [1.54, 1.807) is 20.2 Å². The molecular weight excluding hydrogens is 498 g/mol. The standard InChI is InChI=1S/C25H25F4N3O3S/c1-15-13-32(18-10-11-19-20(12-18)35-25(28,29)24(26,27)34-19)22(36-15)30-21(33)31(5)14-16-6-8-17(9-7-16)23(2,3)4/h6-13H,14H2,1-5H3. The van der Waals surface area contributed by atoms with Gasteiger partial charge in [0.1, 0.15) is 0 Å². The molecular formula is C25H25F4N3O3S. The number of thiazole rings is 1. The van der Waals surface area contributed by atoms with Crippen LogP contribution >= 0.6 is 11.3 Å². The molecule has 0 spiro atoms. The summed E-state index contributed by atoms with van der Waals surface area (Å²) in [5.74, 6) is -1.07. The number of hydrogen-bond acceptors (Lipinski definition) is 4. The van der Waals surface area contributed by atoms with Crippen molar-refractivity contribution >= 4 is 17.4 Å². The molecule has 0 saturated carbocycles. The van der Waals surface area contributed by atoms with Gasteiger partial charge in [-0.2, -0.15) is 22.6 Å². The number of nitrogens with zero attached hydrogens (tertiary/aromatic N) is 3. The van der Waals surface area contributed by atoms with Crippen molar-refractivity contribution in [3.8, 4) is 17.2 Å². The molecule has 3 aromatic rings. The molecule has 1 aromatic heterocycles. The highest BCUT2D eigenvalue weighted by molar-refractivity contribution is 7.09. The molecule has 0 fully saturated rings. The van der Waals surface area contributed by atoms with E-state index in [-0.39, 0.29) is 15.9 Å². The highest BCUT2D eigenvalue weighted by atomic mass is 32.1. The van der Waals surface area contributed by atoms with E-state index in [9.17, 15) is 22.4 Å². The number of ether oxygens (including phenoxy) is 2. The predicted molar refractivity (Wildman–Crippen MR) is 127 cm³/mol. The lowest BCUT2D eigenvalue weighted by Crippen LogP contribution is -2.52. The van der Waals surface area contributed by atoms with E-state index in [1.165, 1.54) is 32.4 Å². The Labute approximate surface area is 209 Å². The number of halogens is 4. The Kier molecular flexibility index (Phi) is 6.40. The second-order valence-corrected chi connectivity index (χ2v) is 10.8. The topological polar surface area (TPSA) is 56.1 Å². The Morgan fingerprint density at radius 3 is 2.25 bits per heavy atom. The first-order valence-electron chi connectivity index (χ1n) is 11.0. The lowest BCUT2D eigenvalue weighted by Gasteiger charge is -2.31. The Bertz CT molecular complexity index is 1360. The Balaban J connectivity index is 1.59. The van der Waals surface area contributed by atoms with E-state index < -0.39 is 29.7 Å². The number of carbonyl (C=O) groups is 1. The van der Waals surface area contributed by atoms with Gasteiger partial charge in [0.15, 0.2) is 16.3 Å². The van der Waals surface area contributed by atoms with Gasteiger partial charge in [-0.3, -0.25) is 4.57 Å². The van der Waals surface area contributed by atoms with Crippen LogP contribution < -0.4 is 14.3 Å². The third-order valence-electron chi connectivity index (χ3n) is 5.55. The van der Waals surface area contributed by atoms with Crippen LogP contribution in [0.25, 0.3) is 5.69 Å². The molecule has 2 aromatic carbocycles. The second-order valence-electron chi connectivity index (χ2n) is 9.56. The van der Waals surface area contributed by atoms with E-state index in [4.69, 9.17) is 0 Å². The second kappa shape index (κ2) is 8.95. The molecule has 0 atom stereocenters. The fourth-order valence-electron chi connectivity index (χ4n) is 3.54. The van der Waals surface area contributed by atoms with E-state index in [1.807, 2.05) is 24.3 Å². The molecule has 0 radical (unpaired) electrons. The summed E-state index contributed by atoms with van der Waals surface area (Å²) in [7, 11) is 1.63. The van der Waals surface area contributed by atoms with Crippen molar-refractivity contribution in [2.75, 3.05) is 7.05 Å². The summed E-state index contributed by atoms with van der Waals surface area (Å²) in [5.41, 5.74) is 2.43. The number of fused-ring (bicyclic) bond motifs is 1. The fraction of sp³-hybridized carbons (Fsp3) is 0.360. The number of benzene rings is 2. The Morgan fingerprint density at radius 1 is 1.03 bits per heavy atom. The van der Waals surface area contributed by atoms with Gasteiger partial charge in [-0.15, -0.1) is 11.3 Å². The summed E-state index contributed by atoms with van der Waals surface area (Å²) in [6.07, 6.45) is -7.97. The molecule has 1 aliphatic rings. The van der Waals surface area contributed by atoms with Crippen molar-refractivity contribution in [1.82, 2.24) is 9.47 Å². The maximum atomic E-state index is 13.6. The van der Waals surface area contributed by atoms with Crippen molar-refractivity contribution in [3.05, 3.63) is 69.5 Å². The average Bonchev–Trinajstić information content (AvgIpc) is 3.13. The Hall–Kier alpha value is -3.34. The van der Waals surface area contributed by atoms with Crippen molar-refractivity contribution in [2.45, 2.75) is 51.9 Å². The monoisotopic (exact) mass is 523 g/mol. The number of amides is 2. The molecule has 0 bridgehead atoms. The van der Waals surface area contributed by atoms with Gasteiger partial charge < -0.3 is 14.4 Å². The highest BCUT2D eigenvalue weighted by Crippen LogP contribution is 2.47. The summed E-state index contributed by atoms with van der Waals surface area (Å²) in [4.78, 5) is 19.6. The summed E-state index contributed by atoms with van der Waals surface area (Å²) < 4.78 is 64.0. The zero-order chi connectivity index (χ0) is 26.5. The minimum atomic E-state index is -4.83. The normalized spacial score (nSPS) is 16.6. The van der Waals surface area contributed by atoms with E-state index >= 15 is 0 Å². The van der Waals surface area contributed by atoms with Gasteiger partial charge in [0, 0.05) is 30.7 Å². The molecule has 192 valence electrons. The number of carbonyl (C=O) groups excluding carboxylic acids is 1. The summed E-state index contributed by atoms with van der Waals surface area (Å²) in [6, 6.07) is 11.1. The minimum absolute atomic E-state index is 0.0187. The lowest BCUT2D eigenvalue weighted by atomic mass is 9.87. The third kappa shape index (κ3) is 5.11. The molecule has 4 rings (SSSR count). The average molecular weight is 524 g/mol. The zero-order valence-electron chi connectivity index (χ0n) is 20.3. The lowest BCUT2D eigenvalue weighted by molar-refractivity contribution is -0.391. The molecule has 0 aliphatic carbocycles. The first-order chi connectivity index (χ1) is 16.7. The number of aryl methyl sites for hydroxylation is 1. The minimum Gasteiger partial charge on any atom is -0.421 e. The van der Waals surface area contributed by atoms with Gasteiger partial charge in [-0.05, 0) is 35.6 Å². The van der Waals surface area contributed by atoms with Crippen LogP contribution in [0.1, 0.15) is 36.8 Å². The maximum absolute atomic E-state index is 13.6. The zero-order valence-corrected chi connectivity index (χ0v) is 21.1. The first-order valence-corrected chi connectivity index (χ1v) is 11.8. The molecule has 0 N–H and O–H groups in total. The molecule has 1 aliphatic heterocycles. The van der Waals surface area contributed by atoms with Crippen LogP contribution in [0, 0.1) is 6.92 Å². The van der Waals surface area contributed by atoms with Gasteiger partial charge in [-0.1, -0.05) is 45.0 Å². The van der Waals surface area contributed by atoms with Crippen LogP contribution in [0.15, 0.2) is 53.7 Å². The summed E-state index contributed by atoms with van der Waals surface area (Å²) in [6.45, 7) is 8.49. The molecule has 0 saturated heterocycles. The third-order valence-corrected chi connectivity index (χ3v) is 6.45. The van der Waals surface area contributed by atoms with Crippen LogP contribution in [-0.2, 0) is 12.0 Å². The van der Waals surface area contributed by atoms with Crippen molar-refractivity contribution in [2.24, 2.45) is 4.99 Å². The number of rotatable bonds is 3. The smallest absolute Gasteiger partial charge is 0.421 e. The number of alkyl halides is 4. The van der Waals surface area contributed by atoms with Crippen LogP contribution in [0.5, 0.6) is 11.5 Å². The Morgan fingerprint density at radius 2 is 1.64 bits per heavy atom. The molecule has 2 heterocycles. The largest absolute Gasteiger partial charge is 0.507 e. The number of aromatic nitrogens is 1. The quantitative estimate of drug-likeness (QED) is 0.381. The van der Waals surface area contributed by atoms with Gasteiger partial charge in [0.05, 0.1) is 5.69 Å². The van der Waals surface area contributed by atoms with Gasteiger partial charge in [-0.25, -0.2) is 4.79 Å². The van der Waals surface area contributed by atoms with Gasteiger partial charge in [0.2, 0.25) is 0 Å². The summed E-state index contributed by atoms with van der Waals surface area (Å²) in [5, 5.41) is 0. The molecule has 11 heteroatoms.